The summed E-state index contributed by atoms with van der Waals surface area (Å²) in [4.78, 5) is 2.19. The molecule has 10 heavy (non-hydrogen) atoms. The fourth-order valence-corrected chi connectivity index (χ4v) is 1.94. The Morgan fingerprint density at radius 2 is 2.20 bits per heavy atom. The first-order valence-electron chi connectivity index (χ1n) is 3.91. The molecule has 1 unspecified atom stereocenters. The number of hydrogen-bond donors (Lipinski definition) is 0. The van der Waals surface area contributed by atoms with Gasteiger partial charge in [-0.25, -0.2) is 0 Å². The summed E-state index contributed by atoms with van der Waals surface area (Å²) in [5.41, 5.74) is 0. The second-order valence-electron chi connectivity index (χ2n) is 3.58. The SMILES string of the molecule is CN1CC2C[C@H]2C[C@H]1C#N. The van der Waals surface area contributed by atoms with E-state index in [1.807, 2.05) is 0 Å². The van der Waals surface area contributed by atoms with Crippen LogP contribution in [0.3, 0.4) is 0 Å². The van der Waals surface area contributed by atoms with Crippen molar-refractivity contribution in [1.29, 1.82) is 5.26 Å². The fourth-order valence-electron chi connectivity index (χ4n) is 1.94. The molecule has 0 bridgehead atoms. The molecule has 2 fully saturated rings. The lowest BCUT2D eigenvalue weighted by molar-refractivity contribution is 0.217. The zero-order valence-electron chi connectivity index (χ0n) is 6.25. The maximum absolute atomic E-state index is 8.71. The minimum absolute atomic E-state index is 0.212. The van der Waals surface area contributed by atoms with Crippen molar-refractivity contribution >= 4 is 0 Å². The molecule has 0 radical (unpaired) electrons. The van der Waals surface area contributed by atoms with Crippen LogP contribution in [0.5, 0.6) is 0 Å². The van der Waals surface area contributed by atoms with Crippen molar-refractivity contribution in [2.45, 2.75) is 18.9 Å². The van der Waals surface area contributed by atoms with E-state index in [1.54, 1.807) is 0 Å². The second kappa shape index (κ2) is 1.96. The van der Waals surface area contributed by atoms with Crippen molar-refractivity contribution in [2.24, 2.45) is 11.8 Å². The number of hydrogen-bond acceptors (Lipinski definition) is 2. The topological polar surface area (TPSA) is 27.0 Å². The van der Waals surface area contributed by atoms with Crippen LogP contribution in [0.1, 0.15) is 12.8 Å². The minimum Gasteiger partial charge on any atom is -0.291 e. The molecule has 1 saturated heterocycles. The van der Waals surface area contributed by atoms with Gasteiger partial charge in [0.1, 0.15) is 0 Å². The monoisotopic (exact) mass is 136 g/mol. The first-order valence-corrected chi connectivity index (χ1v) is 3.91. The van der Waals surface area contributed by atoms with E-state index >= 15 is 0 Å². The van der Waals surface area contributed by atoms with Gasteiger partial charge in [0.05, 0.1) is 12.1 Å². The van der Waals surface area contributed by atoms with E-state index in [2.05, 4.69) is 18.0 Å². The third-order valence-electron chi connectivity index (χ3n) is 2.80. The van der Waals surface area contributed by atoms with Crippen LogP contribution < -0.4 is 0 Å². The Bertz CT molecular complexity index is 182. The van der Waals surface area contributed by atoms with Gasteiger partial charge < -0.3 is 0 Å². The van der Waals surface area contributed by atoms with Crippen molar-refractivity contribution < 1.29 is 0 Å². The molecule has 1 aliphatic carbocycles. The van der Waals surface area contributed by atoms with E-state index in [4.69, 9.17) is 5.26 Å². The maximum Gasteiger partial charge on any atom is 0.0978 e. The highest BCUT2D eigenvalue weighted by atomic mass is 15.1. The van der Waals surface area contributed by atoms with E-state index in [1.165, 1.54) is 6.42 Å². The van der Waals surface area contributed by atoms with Gasteiger partial charge in [-0.15, -0.1) is 0 Å². The average Bonchev–Trinajstić information content (AvgIpc) is 2.64. The summed E-state index contributed by atoms with van der Waals surface area (Å²) in [6, 6.07) is 2.55. The van der Waals surface area contributed by atoms with E-state index in [9.17, 15) is 0 Å². The number of fused-ring (bicyclic) bond motifs is 1. The van der Waals surface area contributed by atoms with Gasteiger partial charge in [0.15, 0.2) is 0 Å². The van der Waals surface area contributed by atoms with Gasteiger partial charge in [0, 0.05) is 6.54 Å². The van der Waals surface area contributed by atoms with Crippen LogP contribution in [-0.2, 0) is 0 Å². The van der Waals surface area contributed by atoms with E-state index in [0.717, 1.165) is 24.8 Å². The maximum atomic E-state index is 8.71. The molecule has 0 spiro atoms. The predicted molar refractivity (Wildman–Crippen MR) is 38.2 cm³/mol. The summed E-state index contributed by atoms with van der Waals surface area (Å²) in [6.45, 7) is 1.16. The van der Waals surface area contributed by atoms with Crippen molar-refractivity contribution in [3.8, 4) is 6.07 Å². The molecule has 0 N–H and O–H groups in total. The normalized spacial score (nSPS) is 45.8. The van der Waals surface area contributed by atoms with Crippen molar-refractivity contribution in [3.05, 3.63) is 0 Å². The molecule has 1 aliphatic heterocycles. The standard InChI is InChI=1S/C8H12N2/c1-10-5-7-2-6(7)3-8(10)4-9/h6-8H,2-3,5H2,1H3/t6-,7?,8-/m0/s1. The first kappa shape index (κ1) is 6.18. The molecule has 2 heteroatoms. The zero-order chi connectivity index (χ0) is 7.14. The molecule has 54 valence electrons. The van der Waals surface area contributed by atoms with Crippen LogP contribution in [0.15, 0.2) is 0 Å². The molecule has 0 aromatic carbocycles. The van der Waals surface area contributed by atoms with E-state index in [-0.39, 0.29) is 6.04 Å². The van der Waals surface area contributed by atoms with Crippen LogP contribution >= 0.6 is 0 Å². The van der Waals surface area contributed by atoms with Gasteiger partial charge >= 0.3 is 0 Å². The van der Waals surface area contributed by atoms with Crippen LogP contribution in [0.25, 0.3) is 0 Å². The Morgan fingerprint density at radius 1 is 1.40 bits per heavy atom. The van der Waals surface area contributed by atoms with Gasteiger partial charge in [-0.1, -0.05) is 0 Å². The summed E-state index contributed by atoms with van der Waals surface area (Å²) >= 11 is 0. The second-order valence-corrected chi connectivity index (χ2v) is 3.58. The van der Waals surface area contributed by atoms with Crippen LogP contribution in [-0.4, -0.2) is 24.5 Å². The number of nitrogens with zero attached hydrogens (tertiary/aromatic N) is 2. The summed E-state index contributed by atoms with van der Waals surface area (Å²) in [7, 11) is 2.06. The quantitative estimate of drug-likeness (QED) is 0.493. The van der Waals surface area contributed by atoms with Crippen molar-refractivity contribution in [2.75, 3.05) is 13.6 Å². The Kier molecular flexibility index (Phi) is 1.21. The molecule has 2 rings (SSSR count). The first-order chi connectivity index (χ1) is 4.81. The number of rotatable bonds is 0. The van der Waals surface area contributed by atoms with Gasteiger partial charge in [0.2, 0.25) is 0 Å². The molecule has 1 heterocycles. The summed E-state index contributed by atoms with van der Waals surface area (Å²) in [6.07, 6.45) is 2.50. The third kappa shape index (κ3) is 0.819. The van der Waals surface area contributed by atoms with Gasteiger partial charge in [-0.2, -0.15) is 5.26 Å². The summed E-state index contributed by atoms with van der Waals surface area (Å²) < 4.78 is 0. The Labute approximate surface area is 61.4 Å². The molecule has 2 aliphatic rings. The summed E-state index contributed by atoms with van der Waals surface area (Å²) in [5, 5.41) is 8.71. The molecule has 2 nitrogen and oxygen atoms in total. The van der Waals surface area contributed by atoms with Gasteiger partial charge in [-0.05, 0) is 31.7 Å². The molecule has 3 atom stereocenters. The Hall–Kier alpha value is -0.550. The smallest absolute Gasteiger partial charge is 0.0978 e. The van der Waals surface area contributed by atoms with Crippen molar-refractivity contribution in [3.63, 3.8) is 0 Å². The summed E-state index contributed by atoms with van der Waals surface area (Å²) in [5.74, 6) is 1.84. The van der Waals surface area contributed by atoms with Crippen LogP contribution in [0, 0.1) is 23.2 Å². The molecular formula is C8H12N2. The number of piperidine rings is 1. The lowest BCUT2D eigenvalue weighted by Gasteiger charge is -2.26. The minimum atomic E-state index is 0.212. The number of nitriles is 1. The zero-order valence-corrected chi connectivity index (χ0v) is 6.25. The molecular weight excluding hydrogens is 124 g/mol. The van der Waals surface area contributed by atoms with Crippen LogP contribution in [0.2, 0.25) is 0 Å². The molecule has 1 saturated carbocycles. The lowest BCUT2D eigenvalue weighted by Crippen LogP contribution is -2.36. The highest BCUT2D eigenvalue weighted by molar-refractivity contribution is 5.03. The molecule has 0 aromatic heterocycles. The highest BCUT2D eigenvalue weighted by Crippen LogP contribution is 2.46. The fraction of sp³-hybridized carbons (Fsp3) is 0.875. The van der Waals surface area contributed by atoms with E-state index in [0.29, 0.717) is 0 Å². The Balaban J connectivity index is 2.02. The highest BCUT2D eigenvalue weighted by Gasteiger charge is 2.44. The van der Waals surface area contributed by atoms with Crippen molar-refractivity contribution in [1.82, 2.24) is 4.90 Å². The average molecular weight is 136 g/mol. The van der Waals surface area contributed by atoms with Gasteiger partial charge in [-0.3, -0.25) is 4.90 Å². The van der Waals surface area contributed by atoms with E-state index < -0.39 is 0 Å². The largest absolute Gasteiger partial charge is 0.291 e. The predicted octanol–water partition coefficient (Wildman–Crippen LogP) is 0.850. The van der Waals surface area contributed by atoms with Crippen LogP contribution in [0.4, 0.5) is 0 Å². The van der Waals surface area contributed by atoms with Gasteiger partial charge in [0.25, 0.3) is 0 Å². The number of likely N-dealkylation sites (tertiary alicyclic amines) is 1. The third-order valence-corrected chi connectivity index (χ3v) is 2.80. The molecule has 0 amide bonds. The molecule has 0 aromatic rings. The Morgan fingerprint density at radius 3 is 2.90 bits per heavy atom. The lowest BCUT2D eigenvalue weighted by atomic mass is 10.0.